The van der Waals surface area contributed by atoms with Gasteiger partial charge in [-0.1, -0.05) is 27.2 Å². The van der Waals surface area contributed by atoms with Crippen molar-refractivity contribution >= 4 is 30.1 Å². The summed E-state index contributed by atoms with van der Waals surface area (Å²) < 4.78 is 2.26. The number of H-pyrrole nitrogens is 1. The van der Waals surface area contributed by atoms with Gasteiger partial charge in [0.15, 0.2) is 10.6 Å². The molecule has 0 radical (unpaired) electrons. The fraction of sp³-hybridized carbons (Fsp3) is 0.750. The molecule has 10 heteroatoms. The smallest absolute Gasteiger partial charge is 0.325 e. The Bertz CT molecular complexity index is 881. The molecule has 3 rings (SSSR count). The maximum atomic E-state index is 13.1. The highest BCUT2D eigenvalue weighted by Gasteiger charge is 2.53. The van der Waals surface area contributed by atoms with Crippen molar-refractivity contribution in [3.63, 3.8) is 0 Å². The van der Waals surface area contributed by atoms with E-state index in [-0.39, 0.29) is 24.4 Å². The van der Waals surface area contributed by atoms with Crippen LogP contribution in [-0.4, -0.2) is 49.6 Å². The molecule has 0 unspecified atom stereocenters. The van der Waals surface area contributed by atoms with Crippen molar-refractivity contribution in [2.24, 2.45) is 11.3 Å². The second kappa shape index (κ2) is 8.49. The third-order valence-electron chi connectivity index (χ3n) is 7.00. The van der Waals surface area contributed by atoms with Gasteiger partial charge in [-0.2, -0.15) is 5.10 Å². The molecule has 1 aromatic rings. The number of carbonyl (C=O) groups is 3. The van der Waals surface area contributed by atoms with Crippen LogP contribution in [0, 0.1) is 16.1 Å². The molecule has 30 heavy (non-hydrogen) atoms. The second-order valence-electron chi connectivity index (χ2n) is 8.99. The van der Waals surface area contributed by atoms with Crippen LogP contribution in [0.4, 0.5) is 4.79 Å². The lowest BCUT2D eigenvalue weighted by Gasteiger charge is -2.42. The molecule has 9 nitrogen and oxygen atoms in total. The molecule has 1 aliphatic carbocycles. The highest BCUT2D eigenvalue weighted by Crippen LogP contribution is 2.45. The van der Waals surface area contributed by atoms with E-state index in [1.807, 2.05) is 6.92 Å². The van der Waals surface area contributed by atoms with Crippen LogP contribution in [0.5, 0.6) is 0 Å². The first-order chi connectivity index (χ1) is 14.1. The normalized spacial score (nSPS) is 24.4. The van der Waals surface area contributed by atoms with E-state index in [1.54, 1.807) is 4.57 Å². The van der Waals surface area contributed by atoms with Crippen molar-refractivity contribution in [2.45, 2.75) is 78.4 Å². The first-order valence-electron chi connectivity index (χ1n) is 10.7. The van der Waals surface area contributed by atoms with Gasteiger partial charge < -0.3 is 15.2 Å². The number of hydrogen-bond donors (Lipinski definition) is 3. The Balaban J connectivity index is 1.59. The Morgan fingerprint density at radius 3 is 2.57 bits per heavy atom. The number of urea groups is 1. The van der Waals surface area contributed by atoms with Crippen LogP contribution in [0.25, 0.3) is 0 Å². The zero-order chi connectivity index (χ0) is 22.1. The van der Waals surface area contributed by atoms with Gasteiger partial charge in [0.25, 0.3) is 5.91 Å². The molecule has 2 heterocycles. The third-order valence-corrected chi connectivity index (χ3v) is 7.31. The Morgan fingerprint density at radius 2 is 1.97 bits per heavy atom. The molecular weight excluding hydrogens is 404 g/mol. The van der Waals surface area contributed by atoms with Gasteiger partial charge in [0.1, 0.15) is 12.1 Å². The summed E-state index contributed by atoms with van der Waals surface area (Å²) in [4.78, 5) is 39.0. The standard InChI is InChI=1S/C20H32N6O3S/c1-5-19(3,4)13-7-9-20(10-8-13)16(28)26(17(29)22-20)12-15(27)21-11-14-23-24-18(30)25(14)6-2/h13H,5-12H2,1-4H3,(H,21,27)(H,22,29)(H,24,30). The number of carbonyl (C=O) groups excluding carboxylic acids is 3. The summed E-state index contributed by atoms with van der Waals surface area (Å²) in [6.45, 7) is 9.14. The highest BCUT2D eigenvalue weighted by molar-refractivity contribution is 7.71. The van der Waals surface area contributed by atoms with Gasteiger partial charge >= 0.3 is 6.03 Å². The first-order valence-corrected chi connectivity index (χ1v) is 11.1. The highest BCUT2D eigenvalue weighted by atomic mass is 32.1. The molecule has 4 amide bonds. The summed E-state index contributed by atoms with van der Waals surface area (Å²) in [7, 11) is 0. The van der Waals surface area contributed by atoms with Crippen LogP contribution in [0.15, 0.2) is 0 Å². The monoisotopic (exact) mass is 436 g/mol. The van der Waals surface area contributed by atoms with Gasteiger partial charge in [-0.3, -0.25) is 19.6 Å². The molecule has 3 N–H and O–H groups in total. The largest absolute Gasteiger partial charge is 0.347 e. The number of aromatic nitrogens is 3. The molecule has 2 aliphatic rings. The number of imide groups is 1. The van der Waals surface area contributed by atoms with Crippen LogP contribution >= 0.6 is 12.2 Å². The average Bonchev–Trinajstić information content (AvgIpc) is 3.18. The van der Waals surface area contributed by atoms with Gasteiger partial charge in [0.2, 0.25) is 5.91 Å². The van der Waals surface area contributed by atoms with Crippen LogP contribution in [0.1, 0.15) is 65.6 Å². The summed E-state index contributed by atoms with van der Waals surface area (Å²) in [6, 6.07) is -0.486. The number of nitrogens with zero attached hydrogens (tertiary/aromatic N) is 3. The lowest BCUT2D eigenvalue weighted by atomic mass is 9.65. The lowest BCUT2D eigenvalue weighted by Crippen LogP contribution is -2.51. The molecule has 1 saturated carbocycles. The SMILES string of the molecule is CCn1c(CNC(=O)CN2C(=O)NC3(CCC(C(C)(C)CC)CC3)C2=O)n[nH]c1=S. The Kier molecular flexibility index (Phi) is 6.35. The van der Waals surface area contributed by atoms with Gasteiger partial charge in [0.05, 0.1) is 6.54 Å². The first kappa shape index (κ1) is 22.5. The third kappa shape index (κ3) is 4.14. The molecule has 166 valence electrons. The quantitative estimate of drug-likeness (QED) is 0.449. The molecule has 1 aliphatic heterocycles. The minimum atomic E-state index is -0.859. The number of rotatable bonds is 7. The van der Waals surface area contributed by atoms with E-state index >= 15 is 0 Å². The Labute approximate surface area is 182 Å². The zero-order valence-electron chi connectivity index (χ0n) is 18.2. The van der Waals surface area contributed by atoms with Gasteiger partial charge in [0, 0.05) is 6.54 Å². The van der Waals surface area contributed by atoms with Crippen molar-refractivity contribution in [3.8, 4) is 0 Å². The molecule has 1 spiro atoms. The minimum Gasteiger partial charge on any atom is -0.347 e. The summed E-state index contributed by atoms with van der Waals surface area (Å²) in [5, 5.41) is 12.4. The van der Waals surface area contributed by atoms with E-state index in [0.717, 1.165) is 24.2 Å². The molecule has 2 fully saturated rings. The van der Waals surface area contributed by atoms with Crippen LogP contribution in [0.2, 0.25) is 0 Å². The summed E-state index contributed by atoms with van der Waals surface area (Å²) >= 11 is 5.13. The van der Waals surface area contributed by atoms with E-state index in [4.69, 9.17) is 12.2 Å². The van der Waals surface area contributed by atoms with Gasteiger partial charge in [-0.05, 0) is 56.2 Å². The van der Waals surface area contributed by atoms with Crippen molar-refractivity contribution in [3.05, 3.63) is 10.6 Å². The van der Waals surface area contributed by atoms with E-state index in [0.29, 0.717) is 35.9 Å². The van der Waals surface area contributed by atoms with Crippen molar-refractivity contribution in [1.82, 2.24) is 30.3 Å². The molecule has 0 atom stereocenters. The van der Waals surface area contributed by atoms with Crippen molar-refractivity contribution in [1.29, 1.82) is 0 Å². The maximum absolute atomic E-state index is 13.1. The van der Waals surface area contributed by atoms with Gasteiger partial charge in [-0.25, -0.2) is 4.79 Å². The fourth-order valence-corrected chi connectivity index (χ4v) is 4.81. The van der Waals surface area contributed by atoms with E-state index < -0.39 is 17.5 Å². The van der Waals surface area contributed by atoms with Crippen LogP contribution < -0.4 is 10.6 Å². The average molecular weight is 437 g/mol. The fourth-order valence-electron chi connectivity index (χ4n) is 4.53. The number of aromatic amines is 1. The van der Waals surface area contributed by atoms with Gasteiger partial charge in [-0.15, -0.1) is 0 Å². The second-order valence-corrected chi connectivity index (χ2v) is 9.37. The Hall–Kier alpha value is -2.23. The predicted octanol–water partition coefficient (Wildman–Crippen LogP) is 2.49. The van der Waals surface area contributed by atoms with Crippen molar-refractivity contribution < 1.29 is 14.4 Å². The predicted molar refractivity (Wildman–Crippen MR) is 114 cm³/mol. The summed E-state index contributed by atoms with van der Waals surface area (Å²) in [5.74, 6) is 0.435. The molecule has 0 bridgehead atoms. The number of hydrogen-bond acceptors (Lipinski definition) is 5. The minimum absolute atomic E-state index is 0.169. The summed E-state index contributed by atoms with van der Waals surface area (Å²) in [6.07, 6.45) is 4.11. The van der Waals surface area contributed by atoms with Crippen LogP contribution in [0.3, 0.4) is 0 Å². The molecule has 1 aromatic heterocycles. The van der Waals surface area contributed by atoms with E-state index in [2.05, 4.69) is 41.6 Å². The van der Waals surface area contributed by atoms with E-state index in [1.165, 1.54) is 0 Å². The topological polar surface area (TPSA) is 112 Å². The molecule has 0 aromatic carbocycles. The summed E-state index contributed by atoms with van der Waals surface area (Å²) in [5.41, 5.74) is -0.637. The zero-order valence-corrected chi connectivity index (χ0v) is 19.0. The number of amides is 4. The maximum Gasteiger partial charge on any atom is 0.325 e. The lowest BCUT2D eigenvalue weighted by molar-refractivity contribution is -0.136. The van der Waals surface area contributed by atoms with Crippen molar-refractivity contribution in [2.75, 3.05) is 6.54 Å². The Morgan fingerprint density at radius 1 is 1.30 bits per heavy atom. The van der Waals surface area contributed by atoms with Crippen LogP contribution in [-0.2, 0) is 22.7 Å². The number of nitrogens with one attached hydrogen (secondary N) is 3. The molecule has 1 saturated heterocycles. The van der Waals surface area contributed by atoms with E-state index in [9.17, 15) is 14.4 Å². The molecular formula is C20H32N6O3S.